The van der Waals surface area contributed by atoms with E-state index in [1.165, 1.54) is 12.3 Å². The predicted octanol–water partition coefficient (Wildman–Crippen LogP) is 1.76. The first-order valence-electron chi connectivity index (χ1n) is 4.68. The van der Waals surface area contributed by atoms with E-state index in [1.807, 2.05) is 0 Å². The SMILES string of the molecule is OCCCCCOc1ccc(F)nc1. The maximum atomic E-state index is 12.4. The van der Waals surface area contributed by atoms with Crippen LogP contribution in [0.3, 0.4) is 0 Å². The lowest BCUT2D eigenvalue weighted by Crippen LogP contribution is -1.98. The molecule has 0 bridgehead atoms. The summed E-state index contributed by atoms with van der Waals surface area (Å²) >= 11 is 0. The Morgan fingerprint density at radius 3 is 2.79 bits per heavy atom. The van der Waals surface area contributed by atoms with Crippen molar-refractivity contribution in [2.75, 3.05) is 13.2 Å². The van der Waals surface area contributed by atoms with E-state index >= 15 is 0 Å². The number of aliphatic hydroxyl groups excluding tert-OH is 1. The average molecular weight is 199 g/mol. The van der Waals surface area contributed by atoms with E-state index in [0.29, 0.717) is 12.4 Å². The number of halogens is 1. The van der Waals surface area contributed by atoms with Gasteiger partial charge >= 0.3 is 0 Å². The maximum absolute atomic E-state index is 12.4. The number of rotatable bonds is 6. The van der Waals surface area contributed by atoms with E-state index in [-0.39, 0.29) is 6.61 Å². The molecule has 0 saturated carbocycles. The van der Waals surface area contributed by atoms with Gasteiger partial charge in [-0.2, -0.15) is 4.39 Å². The van der Waals surface area contributed by atoms with Crippen molar-refractivity contribution in [3.8, 4) is 5.75 Å². The van der Waals surface area contributed by atoms with Crippen molar-refractivity contribution in [2.24, 2.45) is 0 Å². The zero-order valence-corrected chi connectivity index (χ0v) is 7.95. The summed E-state index contributed by atoms with van der Waals surface area (Å²) in [6.07, 6.45) is 3.98. The molecule has 0 amide bonds. The van der Waals surface area contributed by atoms with Crippen LogP contribution in [0.1, 0.15) is 19.3 Å². The van der Waals surface area contributed by atoms with Crippen molar-refractivity contribution < 1.29 is 14.2 Å². The van der Waals surface area contributed by atoms with E-state index in [0.717, 1.165) is 19.3 Å². The molecule has 0 aliphatic heterocycles. The van der Waals surface area contributed by atoms with E-state index < -0.39 is 5.95 Å². The predicted molar refractivity (Wildman–Crippen MR) is 50.6 cm³/mol. The lowest BCUT2D eigenvalue weighted by molar-refractivity contribution is 0.265. The van der Waals surface area contributed by atoms with Gasteiger partial charge in [0.2, 0.25) is 5.95 Å². The molecule has 1 aromatic rings. The summed E-state index contributed by atoms with van der Waals surface area (Å²) in [5, 5.41) is 8.52. The molecule has 3 nitrogen and oxygen atoms in total. The molecule has 0 aliphatic rings. The zero-order valence-electron chi connectivity index (χ0n) is 7.95. The smallest absolute Gasteiger partial charge is 0.213 e. The minimum absolute atomic E-state index is 0.220. The fourth-order valence-corrected chi connectivity index (χ4v) is 1.03. The molecule has 4 heteroatoms. The average Bonchev–Trinajstić information content (AvgIpc) is 2.21. The molecule has 0 aliphatic carbocycles. The van der Waals surface area contributed by atoms with Gasteiger partial charge in [0.05, 0.1) is 12.8 Å². The van der Waals surface area contributed by atoms with Crippen LogP contribution in [0, 0.1) is 5.95 Å². The Hall–Kier alpha value is -1.16. The van der Waals surface area contributed by atoms with Crippen molar-refractivity contribution in [1.82, 2.24) is 4.98 Å². The van der Waals surface area contributed by atoms with Gasteiger partial charge in [0.15, 0.2) is 0 Å². The lowest BCUT2D eigenvalue weighted by atomic mass is 10.2. The lowest BCUT2D eigenvalue weighted by Gasteiger charge is -2.04. The van der Waals surface area contributed by atoms with Crippen LogP contribution in [0.4, 0.5) is 4.39 Å². The Bertz CT molecular complexity index is 251. The van der Waals surface area contributed by atoms with E-state index in [2.05, 4.69) is 4.98 Å². The number of hydrogen-bond donors (Lipinski definition) is 1. The molecule has 1 heterocycles. The number of aliphatic hydroxyl groups is 1. The molecule has 1 N–H and O–H groups in total. The second-order valence-electron chi connectivity index (χ2n) is 2.95. The van der Waals surface area contributed by atoms with Crippen molar-refractivity contribution in [2.45, 2.75) is 19.3 Å². The minimum Gasteiger partial charge on any atom is -0.492 e. The highest BCUT2D eigenvalue weighted by molar-refractivity contribution is 5.15. The first-order chi connectivity index (χ1) is 6.83. The van der Waals surface area contributed by atoms with Gasteiger partial charge in [-0.25, -0.2) is 4.98 Å². The van der Waals surface area contributed by atoms with Gasteiger partial charge in [-0.3, -0.25) is 0 Å². The monoisotopic (exact) mass is 199 g/mol. The summed E-state index contributed by atoms with van der Waals surface area (Å²) in [5.41, 5.74) is 0. The molecule has 1 rings (SSSR count). The second-order valence-corrected chi connectivity index (χ2v) is 2.95. The van der Waals surface area contributed by atoms with Gasteiger partial charge in [0.1, 0.15) is 5.75 Å². The topological polar surface area (TPSA) is 42.4 Å². The second kappa shape index (κ2) is 6.32. The van der Waals surface area contributed by atoms with Crippen LogP contribution in [0.2, 0.25) is 0 Å². The van der Waals surface area contributed by atoms with Crippen molar-refractivity contribution in [1.29, 1.82) is 0 Å². The number of hydrogen-bond acceptors (Lipinski definition) is 3. The Morgan fingerprint density at radius 1 is 1.29 bits per heavy atom. The molecule has 1 aromatic heterocycles. The van der Waals surface area contributed by atoms with Crippen LogP contribution in [0.5, 0.6) is 5.75 Å². The van der Waals surface area contributed by atoms with Gasteiger partial charge in [-0.15, -0.1) is 0 Å². The van der Waals surface area contributed by atoms with E-state index in [9.17, 15) is 4.39 Å². The van der Waals surface area contributed by atoms with E-state index in [1.54, 1.807) is 6.07 Å². The molecule has 78 valence electrons. The molecule has 0 fully saturated rings. The highest BCUT2D eigenvalue weighted by Crippen LogP contribution is 2.09. The fraction of sp³-hybridized carbons (Fsp3) is 0.500. The van der Waals surface area contributed by atoms with Crippen molar-refractivity contribution >= 4 is 0 Å². The first-order valence-corrected chi connectivity index (χ1v) is 4.68. The maximum Gasteiger partial charge on any atom is 0.213 e. The molecular weight excluding hydrogens is 185 g/mol. The molecule has 0 aromatic carbocycles. The number of nitrogens with zero attached hydrogens (tertiary/aromatic N) is 1. The molecule has 0 unspecified atom stereocenters. The number of pyridine rings is 1. The first kappa shape index (κ1) is 10.9. The molecular formula is C10H14FNO2. The number of aromatic nitrogens is 1. The van der Waals surface area contributed by atoms with Crippen LogP contribution in [-0.4, -0.2) is 23.3 Å². The number of ether oxygens (including phenoxy) is 1. The van der Waals surface area contributed by atoms with E-state index in [4.69, 9.17) is 9.84 Å². The summed E-state index contributed by atoms with van der Waals surface area (Å²) in [7, 11) is 0. The Labute approximate surface area is 82.5 Å². The van der Waals surface area contributed by atoms with Gasteiger partial charge in [0.25, 0.3) is 0 Å². The van der Waals surface area contributed by atoms with Crippen molar-refractivity contribution in [3.63, 3.8) is 0 Å². The molecule has 14 heavy (non-hydrogen) atoms. The van der Waals surface area contributed by atoms with Gasteiger partial charge in [0, 0.05) is 6.61 Å². The van der Waals surface area contributed by atoms with Gasteiger partial charge < -0.3 is 9.84 Å². The standard InChI is InChI=1S/C10H14FNO2/c11-10-5-4-9(8-12-10)14-7-3-1-2-6-13/h4-5,8,13H,1-3,6-7H2. The highest BCUT2D eigenvalue weighted by Gasteiger charge is 1.95. The Morgan fingerprint density at radius 2 is 2.14 bits per heavy atom. The normalized spacial score (nSPS) is 10.1. The van der Waals surface area contributed by atoms with Crippen LogP contribution in [-0.2, 0) is 0 Å². The van der Waals surface area contributed by atoms with Gasteiger partial charge in [-0.1, -0.05) is 0 Å². The van der Waals surface area contributed by atoms with Crippen LogP contribution in [0.25, 0.3) is 0 Å². The van der Waals surface area contributed by atoms with Gasteiger partial charge in [-0.05, 0) is 31.4 Å². The molecule has 0 spiro atoms. The quantitative estimate of drug-likeness (QED) is 0.560. The Balaban J connectivity index is 2.15. The van der Waals surface area contributed by atoms with Crippen LogP contribution < -0.4 is 4.74 Å². The Kier molecular flexibility index (Phi) is 4.93. The third-order valence-electron chi connectivity index (χ3n) is 1.77. The van der Waals surface area contributed by atoms with Crippen LogP contribution >= 0.6 is 0 Å². The minimum atomic E-state index is -0.502. The summed E-state index contributed by atoms with van der Waals surface area (Å²) < 4.78 is 17.7. The third-order valence-corrected chi connectivity index (χ3v) is 1.77. The molecule has 0 radical (unpaired) electrons. The fourth-order valence-electron chi connectivity index (χ4n) is 1.03. The summed E-state index contributed by atoms with van der Waals surface area (Å²) in [6.45, 7) is 0.797. The van der Waals surface area contributed by atoms with Crippen LogP contribution in [0.15, 0.2) is 18.3 Å². The highest BCUT2D eigenvalue weighted by atomic mass is 19.1. The third kappa shape index (κ3) is 4.18. The summed E-state index contributed by atoms with van der Waals surface area (Å²) in [4.78, 5) is 3.46. The summed E-state index contributed by atoms with van der Waals surface area (Å²) in [5.74, 6) is 0.0769. The zero-order chi connectivity index (χ0) is 10.2. The summed E-state index contributed by atoms with van der Waals surface area (Å²) in [6, 6.07) is 2.82. The number of unbranched alkanes of at least 4 members (excludes halogenated alkanes) is 2. The molecule has 0 atom stereocenters. The largest absolute Gasteiger partial charge is 0.492 e. The molecule has 0 saturated heterocycles. The van der Waals surface area contributed by atoms with Crippen molar-refractivity contribution in [3.05, 3.63) is 24.3 Å².